The van der Waals surface area contributed by atoms with E-state index in [2.05, 4.69) is 42.9 Å². The highest BCUT2D eigenvalue weighted by Crippen LogP contribution is 2.20. The maximum absolute atomic E-state index is 10.7. The first-order valence-corrected chi connectivity index (χ1v) is 7.01. The van der Waals surface area contributed by atoms with Gasteiger partial charge in [-0.05, 0) is 13.0 Å². The van der Waals surface area contributed by atoms with Crippen molar-refractivity contribution in [2.24, 2.45) is 0 Å². The van der Waals surface area contributed by atoms with Crippen molar-refractivity contribution in [3.63, 3.8) is 0 Å². The summed E-state index contributed by atoms with van der Waals surface area (Å²) < 4.78 is 59.8. The van der Waals surface area contributed by atoms with Crippen LogP contribution in [0.15, 0.2) is 24.5 Å². The highest BCUT2D eigenvalue weighted by atomic mass is 32.2. The molecule has 4 nitrogen and oxygen atoms in total. The molecule has 0 saturated heterocycles. The molecule has 0 aliphatic carbocycles. The lowest BCUT2D eigenvalue weighted by molar-refractivity contribution is -0.697. The molecule has 8 heteroatoms. The summed E-state index contributed by atoms with van der Waals surface area (Å²) in [6, 6.07) is 4.23. The van der Waals surface area contributed by atoms with Crippen LogP contribution in [0.2, 0.25) is 0 Å². The second-order valence-corrected chi connectivity index (χ2v) is 5.31. The van der Waals surface area contributed by atoms with Crippen LogP contribution >= 0.6 is 0 Å². The summed E-state index contributed by atoms with van der Waals surface area (Å²) in [4.78, 5) is 0. The maximum atomic E-state index is 10.7. The Bertz CT molecular complexity index is 486. The predicted octanol–water partition coefficient (Wildman–Crippen LogP) is 2.48. The normalized spacial score (nSPS) is 11.7. The van der Waals surface area contributed by atoms with Crippen molar-refractivity contribution in [1.29, 1.82) is 0 Å². The maximum Gasteiger partial charge on any atom is 0.522 e. The fourth-order valence-corrected chi connectivity index (χ4v) is 1.13. The molecule has 1 heterocycles. The fraction of sp³-hybridized carbons (Fsp3) is 0.545. The Morgan fingerprint density at radius 3 is 2.26 bits per heavy atom. The van der Waals surface area contributed by atoms with Crippen molar-refractivity contribution in [2.45, 2.75) is 38.7 Å². The Balaban J connectivity index is 0.000000362. The van der Waals surface area contributed by atoms with Gasteiger partial charge in [0.25, 0.3) is 0 Å². The molecule has 0 aliphatic heterocycles. The van der Waals surface area contributed by atoms with E-state index < -0.39 is 15.6 Å². The number of alkyl halides is 3. The van der Waals surface area contributed by atoms with Crippen molar-refractivity contribution < 1.29 is 30.7 Å². The minimum Gasteiger partial charge on any atom is -0.279 e. The summed E-state index contributed by atoms with van der Waals surface area (Å²) >= 11 is 0. The van der Waals surface area contributed by atoms with E-state index in [0.717, 1.165) is 6.54 Å². The summed E-state index contributed by atoms with van der Waals surface area (Å²) in [6.45, 7) is 5.50. The molecule has 110 valence electrons. The zero-order chi connectivity index (χ0) is 15.1. The van der Waals surface area contributed by atoms with Crippen molar-refractivity contribution in [3.05, 3.63) is 30.1 Å². The molecular formula is C11H17F3NO3S+. The summed E-state index contributed by atoms with van der Waals surface area (Å²) in [5.41, 5.74) is -4.20. The molecule has 0 bridgehead atoms. The van der Waals surface area contributed by atoms with Gasteiger partial charge in [0.2, 0.25) is 0 Å². The van der Waals surface area contributed by atoms with E-state index in [0.29, 0.717) is 0 Å². The number of rotatable bonds is 3. The molecule has 0 atom stereocenters. The van der Waals surface area contributed by atoms with Crippen molar-refractivity contribution in [1.82, 2.24) is 0 Å². The molecule has 0 spiro atoms. The Hall–Kier alpha value is -1.15. The molecular weight excluding hydrogens is 283 g/mol. The number of aromatic nitrogens is 1. The number of nitrogens with zero attached hydrogens (tertiary/aromatic N) is 1. The first-order valence-electron chi connectivity index (χ1n) is 5.57. The van der Waals surface area contributed by atoms with Gasteiger partial charge in [-0.1, -0.05) is 13.3 Å². The highest BCUT2D eigenvalue weighted by Gasteiger charge is 2.44. The monoisotopic (exact) mass is 300 g/mol. The molecule has 19 heavy (non-hydrogen) atoms. The predicted molar refractivity (Wildman–Crippen MR) is 63.9 cm³/mol. The molecule has 1 N–H and O–H groups in total. The van der Waals surface area contributed by atoms with Gasteiger partial charge in [-0.15, -0.1) is 0 Å². The summed E-state index contributed by atoms with van der Waals surface area (Å²) in [5, 5.41) is 0. The average molecular weight is 300 g/mol. The van der Waals surface area contributed by atoms with Gasteiger partial charge in [-0.25, -0.2) is 4.57 Å². The van der Waals surface area contributed by atoms with Crippen LogP contribution in [0, 0.1) is 6.92 Å². The topological polar surface area (TPSA) is 58.2 Å². The van der Waals surface area contributed by atoms with Crippen LogP contribution in [0.5, 0.6) is 0 Å². The fourth-order valence-electron chi connectivity index (χ4n) is 1.13. The van der Waals surface area contributed by atoms with Gasteiger partial charge in [-0.3, -0.25) is 4.55 Å². The van der Waals surface area contributed by atoms with Crippen molar-refractivity contribution in [3.8, 4) is 0 Å². The molecule has 1 aromatic heterocycles. The highest BCUT2D eigenvalue weighted by molar-refractivity contribution is 7.86. The average Bonchev–Trinajstić information content (AvgIpc) is 2.24. The summed E-state index contributed by atoms with van der Waals surface area (Å²) in [6.07, 6.45) is 6.85. The number of unbranched alkanes of at least 4 members (excludes halogenated alkanes) is 1. The van der Waals surface area contributed by atoms with Crippen LogP contribution in [-0.4, -0.2) is 18.5 Å². The quantitative estimate of drug-likeness (QED) is 0.530. The standard InChI is InChI=1S/C10H16N.CHF3O3S/c1-3-4-7-11-8-5-6-10(2)9-11;2-1(3,4)8(5,6)7/h5-6,8-9H,3-4,7H2,1-2H3;(H,5,6,7)/q+1;. The smallest absolute Gasteiger partial charge is 0.279 e. The molecule has 0 fully saturated rings. The zero-order valence-corrected chi connectivity index (χ0v) is 11.5. The van der Waals surface area contributed by atoms with Crippen molar-refractivity contribution >= 4 is 10.1 Å². The summed E-state index contributed by atoms with van der Waals surface area (Å²) in [7, 11) is -5.84. The molecule has 1 rings (SSSR count). The van der Waals surface area contributed by atoms with Crippen LogP contribution in [-0.2, 0) is 16.7 Å². The third-order valence-corrected chi connectivity index (χ3v) is 2.65. The number of hydrogen-bond acceptors (Lipinski definition) is 2. The number of halogens is 3. The Kier molecular flexibility index (Phi) is 6.99. The summed E-state index contributed by atoms with van der Waals surface area (Å²) in [5.74, 6) is 0. The van der Waals surface area contributed by atoms with E-state index in [9.17, 15) is 13.2 Å². The molecule has 1 aromatic rings. The first kappa shape index (κ1) is 17.8. The lowest BCUT2D eigenvalue weighted by atomic mass is 10.3. The van der Waals surface area contributed by atoms with Crippen LogP contribution in [0.1, 0.15) is 25.3 Å². The molecule has 0 unspecified atom stereocenters. The number of aryl methyl sites for hydroxylation is 2. The molecule has 0 amide bonds. The van der Waals surface area contributed by atoms with Crippen LogP contribution in [0.25, 0.3) is 0 Å². The van der Waals surface area contributed by atoms with E-state index in [1.54, 1.807) is 0 Å². The van der Waals surface area contributed by atoms with Gasteiger partial charge in [0.15, 0.2) is 12.4 Å². The minimum atomic E-state index is -5.84. The van der Waals surface area contributed by atoms with E-state index in [4.69, 9.17) is 13.0 Å². The zero-order valence-electron chi connectivity index (χ0n) is 10.7. The second-order valence-electron chi connectivity index (χ2n) is 3.89. The van der Waals surface area contributed by atoms with Crippen LogP contribution in [0.3, 0.4) is 0 Å². The minimum absolute atomic E-state index is 1.15. The van der Waals surface area contributed by atoms with Gasteiger partial charge in [-0.2, -0.15) is 21.6 Å². The van der Waals surface area contributed by atoms with E-state index in [1.807, 2.05) is 0 Å². The molecule has 0 aliphatic rings. The Labute approximate surface area is 110 Å². The third-order valence-electron chi connectivity index (χ3n) is 2.07. The van der Waals surface area contributed by atoms with E-state index >= 15 is 0 Å². The molecule has 0 saturated carbocycles. The lowest BCUT2D eigenvalue weighted by Crippen LogP contribution is -2.32. The largest absolute Gasteiger partial charge is 0.522 e. The lowest BCUT2D eigenvalue weighted by Gasteiger charge is -1.97. The van der Waals surface area contributed by atoms with Gasteiger partial charge in [0.1, 0.15) is 6.54 Å². The Morgan fingerprint density at radius 1 is 1.37 bits per heavy atom. The molecule has 0 aromatic carbocycles. The van der Waals surface area contributed by atoms with Crippen LogP contribution < -0.4 is 4.57 Å². The van der Waals surface area contributed by atoms with Gasteiger partial charge in [0.05, 0.1) is 0 Å². The van der Waals surface area contributed by atoms with E-state index in [1.165, 1.54) is 18.4 Å². The number of hydrogen-bond donors (Lipinski definition) is 1. The van der Waals surface area contributed by atoms with Gasteiger partial charge < -0.3 is 0 Å². The van der Waals surface area contributed by atoms with Gasteiger partial charge in [0, 0.05) is 18.1 Å². The Morgan fingerprint density at radius 2 is 1.89 bits per heavy atom. The number of pyridine rings is 1. The first-order chi connectivity index (χ1) is 8.58. The molecule has 0 radical (unpaired) electrons. The third kappa shape index (κ3) is 7.78. The van der Waals surface area contributed by atoms with Gasteiger partial charge >= 0.3 is 15.6 Å². The second kappa shape index (κ2) is 7.44. The van der Waals surface area contributed by atoms with Crippen molar-refractivity contribution in [2.75, 3.05) is 0 Å². The van der Waals surface area contributed by atoms with E-state index in [-0.39, 0.29) is 0 Å². The van der Waals surface area contributed by atoms with Crippen LogP contribution in [0.4, 0.5) is 13.2 Å². The SMILES string of the molecule is CCCC[n+]1cccc(C)c1.O=S(=O)(O)C(F)(F)F.